The third-order valence-electron chi connectivity index (χ3n) is 9.31. The lowest BCUT2D eigenvalue weighted by Gasteiger charge is -2.35. The number of ether oxygens (including phenoxy) is 2. The molecule has 1 amide bonds. The van der Waals surface area contributed by atoms with Crippen molar-refractivity contribution in [3.8, 4) is 11.1 Å². The summed E-state index contributed by atoms with van der Waals surface area (Å²) in [7, 11) is -2.23. The van der Waals surface area contributed by atoms with Crippen LogP contribution in [0.3, 0.4) is 0 Å². The van der Waals surface area contributed by atoms with Crippen molar-refractivity contribution >= 4 is 33.7 Å². The van der Waals surface area contributed by atoms with E-state index in [4.69, 9.17) is 9.47 Å². The van der Waals surface area contributed by atoms with Crippen molar-refractivity contribution in [3.05, 3.63) is 125 Å². The van der Waals surface area contributed by atoms with Gasteiger partial charge in [-0.25, -0.2) is 13.2 Å². The molecule has 0 aromatic heterocycles. The average molecular weight is 715 g/mol. The number of esters is 1. The number of nitrogens with one attached hydrogen (secondary N) is 1. The Labute approximate surface area is 300 Å². The molecule has 5 rings (SSSR count). The van der Waals surface area contributed by atoms with Gasteiger partial charge >= 0.3 is 5.97 Å². The summed E-state index contributed by atoms with van der Waals surface area (Å²) in [5.41, 5.74) is 5.24. The molecule has 10 heteroatoms. The second kappa shape index (κ2) is 17.8. The van der Waals surface area contributed by atoms with Crippen molar-refractivity contribution in [3.63, 3.8) is 0 Å². The van der Waals surface area contributed by atoms with Crippen molar-refractivity contribution in [2.75, 3.05) is 32.2 Å². The van der Waals surface area contributed by atoms with Crippen LogP contribution in [0.5, 0.6) is 0 Å². The summed E-state index contributed by atoms with van der Waals surface area (Å²) < 4.78 is 39.9. The number of carbonyl (C=O) groups is 2. The van der Waals surface area contributed by atoms with Crippen LogP contribution in [-0.2, 0) is 37.3 Å². The Hall–Kier alpha value is -3.96. The lowest BCUT2D eigenvalue weighted by atomic mass is 9.88. The first-order chi connectivity index (χ1) is 24.2. The minimum absolute atomic E-state index is 0.138. The minimum Gasteiger partial charge on any atom is -0.467 e. The molecule has 0 bridgehead atoms. The summed E-state index contributed by atoms with van der Waals surface area (Å²) >= 11 is 1.60. The number of sulfonamides is 1. The fourth-order valence-electron chi connectivity index (χ4n) is 6.48. The molecule has 2 atom stereocenters. The van der Waals surface area contributed by atoms with Gasteiger partial charge in [-0.15, -0.1) is 0 Å². The minimum atomic E-state index is -3.56. The molecule has 1 aliphatic rings. The molecular weight excluding hydrogens is 669 g/mol. The van der Waals surface area contributed by atoms with E-state index < -0.39 is 22.0 Å². The molecule has 0 radical (unpaired) electrons. The van der Waals surface area contributed by atoms with Crippen molar-refractivity contribution in [1.29, 1.82) is 0 Å². The molecule has 1 heterocycles. The summed E-state index contributed by atoms with van der Waals surface area (Å²) in [5.74, 6) is 0.0524. The molecule has 264 valence electrons. The molecule has 0 aliphatic carbocycles. The summed E-state index contributed by atoms with van der Waals surface area (Å²) in [6.45, 7) is 3.19. The molecule has 1 fully saturated rings. The lowest BCUT2D eigenvalue weighted by molar-refractivity contribution is -0.142. The van der Waals surface area contributed by atoms with Crippen molar-refractivity contribution in [2.45, 2.75) is 56.3 Å². The second-order valence-electron chi connectivity index (χ2n) is 12.6. The van der Waals surface area contributed by atoms with Gasteiger partial charge in [0.1, 0.15) is 6.04 Å². The number of methoxy groups -OCH3 is 1. The number of amides is 1. The zero-order valence-corrected chi connectivity index (χ0v) is 30.6. The summed E-state index contributed by atoms with van der Waals surface area (Å²) in [6, 6.07) is 31.7. The molecule has 50 heavy (non-hydrogen) atoms. The van der Waals surface area contributed by atoms with Crippen LogP contribution in [-0.4, -0.2) is 69.0 Å². The van der Waals surface area contributed by atoms with Gasteiger partial charge in [-0.2, -0.15) is 16.1 Å². The van der Waals surface area contributed by atoms with Crippen LogP contribution in [0.15, 0.2) is 108 Å². The summed E-state index contributed by atoms with van der Waals surface area (Å²) in [6.07, 6.45) is 4.36. The molecule has 4 aromatic carbocycles. The maximum absolute atomic E-state index is 13.7. The summed E-state index contributed by atoms with van der Waals surface area (Å²) in [5, 5.41) is 2.91. The number of piperidine rings is 1. The van der Waals surface area contributed by atoms with E-state index in [0.717, 1.165) is 27.8 Å². The third kappa shape index (κ3) is 9.42. The van der Waals surface area contributed by atoms with E-state index >= 15 is 0 Å². The molecule has 0 spiro atoms. The third-order valence-corrected chi connectivity index (χ3v) is 11.9. The Morgan fingerprint density at radius 2 is 1.54 bits per heavy atom. The van der Waals surface area contributed by atoms with Crippen LogP contribution in [0.25, 0.3) is 11.1 Å². The van der Waals surface area contributed by atoms with E-state index in [9.17, 15) is 18.0 Å². The number of hydrogen-bond donors (Lipinski definition) is 1. The number of aryl methyl sites for hydroxylation is 1. The Morgan fingerprint density at radius 1 is 0.880 bits per heavy atom. The van der Waals surface area contributed by atoms with Crippen LogP contribution in [0.2, 0.25) is 0 Å². The van der Waals surface area contributed by atoms with Crippen molar-refractivity contribution < 1.29 is 27.5 Å². The lowest BCUT2D eigenvalue weighted by Crippen LogP contribution is -2.42. The monoisotopic (exact) mass is 714 g/mol. The normalized spacial score (nSPS) is 15.3. The quantitative estimate of drug-likeness (QED) is 0.134. The van der Waals surface area contributed by atoms with Gasteiger partial charge in [-0.05, 0) is 103 Å². The average Bonchev–Trinajstić information content (AvgIpc) is 3.15. The number of rotatable bonds is 15. The predicted octanol–water partition coefficient (Wildman–Crippen LogP) is 6.92. The fourth-order valence-corrected chi connectivity index (χ4v) is 8.44. The molecule has 1 aliphatic heterocycles. The maximum atomic E-state index is 13.7. The van der Waals surface area contributed by atoms with Gasteiger partial charge < -0.3 is 14.8 Å². The molecular formula is C40H46N2O6S2. The van der Waals surface area contributed by atoms with Gasteiger partial charge in [-0.1, -0.05) is 78.9 Å². The Bertz CT molecular complexity index is 1830. The molecule has 4 aromatic rings. The SMILES string of the molecule is COC(=O)C(CCSC)NC(=O)c1ccc(COC(Cc2ccccc2)C2CCN(S(=O)(=O)c3ccccc3)CC2)cc1-c1ccccc1C. The highest BCUT2D eigenvalue weighted by Crippen LogP contribution is 2.32. The first kappa shape index (κ1) is 37.3. The van der Waals surface area contributed by atoms with Crippen molar-refractivity contribution in [1.82, 2.24) is 9.62 Å². The zero-order valence-electron chi connectivity index (χ0n) is 28.9. The van der Waals surface area contributed by atoms with Crippen LogP contribution in [0, 0.1) is 12.8 Å². The van der Waals surface area contributed by atoms with Crippen LogP contribution >= 0.6 is 11.8 Å². The van der Waals surface area contributed by atoms with Gasteiger partial charge in [0.05, 0.1) is 24.7 Å². The Morgan fingerprint density at radius 3 is 2.20 bits per heavy atom. The van der Waals surface area contributed by atoms with Crippen LogP contribution in [0.1, 0.15) is 46.3 Å². The smallest absolute Gasteiger partial charge is 0.328 e. The van der Waals surface area contributed by atoms with Gasteiger partial charge in [0, 0.05) is 18.7 Å². The van der Waals surface area contributed by atoms with Gasteiger partial charge in [-0.3, -0.25) is 4.79 Å². The first-order valence-corrected chi connectivity index (χ1v) is 19.8. The molecule has 1 N–H and O–H groups in total. The van der Waals surface area contributed by atoms with E-state index in [1.165, 1.54) is 7.11 Å². The molecule has 0 saturated carbocycles. The van der Waals surface area contributed by atoms with E-state index in [0.29, 0.717) is 61.6 Å². The topological polar surface area (TPSA) is 102 Å². The number of carbonyl (C=O) groups excluding carboxylic acids is 2. The highest BCUT2D eigenvalue weighted by atomic mass is 32.2. The molecule has 8 nitrogen and oxygen atoms in total. The Balaban J connectivity index is 1.37. The van der Waals surface area contributed by atoms with Crippen LogP contribution in [0.4, 0.5) is 0 Å². The molecule has 1 saturated heterocycles. The second-order valence-corrected chi connectivity index (χ2v) is 15.5. The molecule has 2 unspecified atom stereocenters. The van der Waals surface area contributed by atoms with Crippen LogP contribution < -0.4 is 5.32 Å². The Kier molecular flexibility index (Phi) is 13.3. The largest absolute Gasteiger partial charge is 0.467 e. The van der Waals surface area contributed by atoms with E-state index in [-0.39, 0.29) is 17.9 Å². The maximum Gasteiger partial charge on any atom is 0.328 e. The number of thioether (sulfide) groups is 1. The van der Waals surface area contributed by atoms with Gasteiger partial charge in [0.15, 0.2) is 0 Å². The highest BCUT2D eigenvalue weighted by Gasteiger charge is 2.33. The standard InChI is InChI=1S/C40H46N2O6S2/c1-29-12-10-11-17-34(29)36-26-31(18-19-35(36)39(43)41-37(22-25-49-3)40(44)47-2)28-48-38(27-30-13-6-4-7-14-30)32-20-23-42(24-21-32)50(45,46)33-15-8-5-9-16-33/h4-19,26,32,37-38H,20-25,27-28H2,1-3H3,(H,41,43). The van der Waals surface area contributed by atoms with Crippen molar-refractivity contribution in [2.24, 2.45) is 5.92 Å². The van der Waals surface area contributed by atoms with E-state index in [2.05, 4.69) is 17.4 Å². The van der Waals surface area contributed by atoms with Gasteiger partial charge in [0.25, 0.3) is 5.91 Å². The first-order valence-electron chi connectivity index (χ1n) is 17.0. The fraction of sp³-hybridized carbons (Fsp3) is 0.350. The highest BCUT2D eigenvalue weighted by molar-refractivity contribution is 7.98. The van der Waals surface area contributed by atoms with E-state index in [1.807, 2.05) is 73.8 Å². The number of hydrogen-bond acceptors (Lipinski definition) is 7. The predicted molar refractivity (Wildman–Crippen MR) is 200 cm³/mol. The van der Waals surface area contributed by atoms with Gasteiger partial charge in [0.2, 0.25) is 10.0 Å². The summed E-state index contributed by atoms with van der Waals surface area (Å²) in [4.78, 5) is 26.5. The van der Waals surface area contributed by atoms with E-state index in [1.54, 1.807) is 46.4 Å². The number of nitrogens with zero attached hydrogens (tertiary/aromatic N) is 1. The number of benzene rings is 4. The zero-order chi connectivity index (χ0) is 35.5.